The van der Waals surface area contributed by atoms with Gasteiger partial charge in [-0.3, -0.25) is 18.7 Å². The number of para-hydroxylation sites is 3. The van der Waals surface area contributed by atoms with Crippen molar-refractivity contribution >= 4 is 28.6 Å². The van der Waals surface area contributed by atoms with Gasteiger partial charge in [-0.25, -0.2) is 9.18 Å². The van der Waals surface area contributed by atoms with E-state index in [1.807, 2.05) is 29.2 Å². The largest absolute Gasteiger partial charge is 0.456 e. The zero-order chi connectivity index (χ0) is 22.7. The average Bonchev–Trinajstić information content (AvgIpc) is 3.06. The van der Waals surface area contributed by atoms with E-state index in [0.717, 1.165) is 11.0 Å². The highest BCUT2D eigenvalue weighted by Crippen LogP contribution is 2.20. The summed E-state index contributed by atoms with van der Waals surface area (Å²) in [4.78, 5) is 40.5. The van der Waals surface area contributed by atoms with Crippen molar-refractivity contribution in [2.24, 2.45) is 7.05 Å². The van der Waals surface area contributed by atoms with E-state index in [9.17, 15) is 18.8 Å². The smallest absolute Gasteiger partial charge is 0.328 e. The van der Waals surface area contributed by atoms with E-state index in [-0.39, 0.29) is 37.0 Å². The number of piperazine rings is 1. The van der Waals surface area contributed by atoms with E-state index < -0.39 is 5.97 Å². The van der Waals surface area contributed by atoms with Gasteiger partial charge < -0.3 is 14.5 Å². The summed E-state index contributed by atoms with van der Waals surface area (Å²) in [6, 6.07) is 13.9. The van der Waals surface area contributed by atoms with Crippen LogP contribution in [-0.2, 0) is 27.9 Å². The summed E-state index contributed by atoms with van der Waals surface area (Å²) in [5.41, 5.74) is 1.85. The highest BCUT2D eigenvalue weighted by atomic mass is 19.1. The van der Waals surface area contributed by atoms with E-state index in [2.05, 4.69) is 0 Å². The van der Waals surface area contributed by atoms with Gasteiger partial charge in [0, 0.05) is 39.8 Å². The van der Waals surface area contributed by atoms with Crippen LogP contribution in [0.1, 0.15) is 6.42 Å². The molecule has 1 fully saturated rings. The van der Waals surface area contributed by atoms with Crippen molar-refractivity contribution in [3.63, 3.8) is 0 Å². The topological polar surface area (TPSA) is 76.8 Å². The Bertz CT molecular complexity index is 1190. The monoisotopic (exact) mass is 440 g/mol. The minimum absolute atomic E-state index is 0.0117. The molecule has 9 heteroatoms. The third-order valence-electron chi connectivity index (χ3n) is 5.77. The van der Waals surface area contributed by atoms with Crippen molar-refractivity contribution in [3.05, 3.63) is 64.8 Å². The molecule has 2 heterocycles. The van der Waals surface area contributed by atoms with Crippen LogP contribution >= 0.6 is 0 Å². The number of amides is 1. The molecule has 168 valence electrons. The van der Waals surface area contributed by atoms with Gasteiger partial charge in [-0.15, -0.1) is 0 Å². The molecule has 0 bridgehead atoms. The molecule has 0 radical (unpaired) electrons. The molecule has 3 aromatic rings. The molecule has 0 spiro atoms. The Morgan fingerprint density at radius 2 is 1.62 bits per heavy atom. The van der Waals surface area contributed by atoms with Crippen molar-refractivity contribution in [1.82, 2.24) is 14.0 Å². The number of fused-ring (bicyclic) bond motifs is 1. The highest BCUT2D eigenvalue weighted by Gasteiger charge is 2.23. The number of aromatic nitrogens is 2. The average molecular weight is 440 g/mol. The second-order valence-electron chi connectivity index (χ2n) is 7.71. The van der Waals surface area contributed by atoms with E-state index in [1.54, 1.807) is 30.1 Å². The standard InChI is InChI=1S/C23H25FN4O4/c1-25-19-8-4-5-9-20(19)28(23(25)31)11-10-22(30)32-16-21(29)27-14-12-26(13-15-27)18-7-3-2-6-17(18)24/h2-9H,10-16H2,1H3. The molecule has 32 heavy (non-hydrogen) atoms. The van der Waals surface area contributed by atoms with E-state index in [0.29, 0.717) is 31.9 Å². The molecule has 0 N–H and O–H groups in total. The molecule has 1 amide bonds. The quantitative estimate of drug-likeness (QED) is 0.546. The number of carbonyl (C=O) groups is 2. The zero-order valence-corrected chi connectivity index (χ0v) is 17.9. The number of anilines is 1. The van der Waals surface area contributed by atoms with Gasteiger partial charge in [0.05, 0.1) is 23.1 Å². The van der Waals surface area contributed by atoms with Crippen LogP contribution in [-0.4, -0.2) is 58.7 Å². The maximum Gasteiger partial charge on any atom is 0.328 e. The predicted octanol–water partition coefficient (Wildman–Crippen LogP) is 1.76. The van der Waals surface area contributed by atoms with Gasteiger partial charge in [-0.05, 0) is 24.3 Å². The van der Waals surface area contributed by atoms with Gasteiger partial charge in [0.15, 0.2) is 6.61 Å². The SMILES string of the molecule is Cn1c(=O)n(CCC(=O)OCC(=O)N2CCN(c3ccccc3F)CC2)c2ccccc21. The van der Waals surface area contributed by atoms with Crippen molar-refractivity contribution in [2.45, 2.75) is 13.0 Å². The lowest BCUT2D eigenvalue weighted by molar-refractivity contribution is -0.152. The molecule has 0 atom stereocenters. The number of rotatable bonds is 6. The summed E-state index contributed by atoms with van der Waals surface area (Å²) in [5, 5.41) is 0. The fraction of sp³-hybridized carbons (Fsp3) is 0.348. The number of hydrogen-bond acceptors (Lipinski definition) is 5. The van der Waals surface area contributed by atoms with Crippen LogP contribution in [0.15, 0.2) is 53.3 Å². The van der Waals surface area contributed by atoms with Crippen LogP contribution in [0.2, 0.25) is 0 Å². The molecule has 1 saturated heterocycles. The van der Waals surface area contributed by atoms with Gasteiger partial charge >= 0.3 is 11.7 Å². The second kappa shape index (κ2) is 9.25. The first-order valence-electron chi connectivity index (χ1n) is 10.5. The molecule has 2 aromatic carbocycles. The summed E-state index contributed by atoms with van der Waals surface area (Å²) in [7, 11) is 1.68. The Hall–Kier alpha value is -3.62. The minimum Gasteiger partial charge on any atom is -0.456 e. The Balaban J connectivity index is 1.25. The second-order valence-corrected chi connectivity index (χ2v) is 7.71. The predicted molar refractivity (Wildman–Crippen MR) is 118 cm³/mol. The van der Waals surface area contributed by atoms with Crippen molar-refractivity contribution in [2.75, 3.05) is 37.7 Å². The van der Waals surface area contributed by atoms with Crippen LogP contribution in [0.3, 0.4) is 0 Å². The number of hydrogen-bond donors (Lipinski definition) is 0. The van der Waals surface area contributed by atoms with E-state index in [4.69, 9.17) is 4.74 Å². The summed E-state index contributed by atoms with van der Waals surface area (Å²) in [6.07, 6.45) is -0.0117. The molecule has 0 saturated carbocycles. The Labute approximate surface area is 184 Å². The fourth-order valence-electron chi connectivity index (χ4n) is 3.99. The van der Waals surface area contributed by atoms with Crippen molar-refractivity contribution < 1.29 is 18.7 Å². The lowest BCUT2D eigenvalue weighted by Crippen LogP contribution is -2.50. The molecule has 4 rings (SSSR count). The highest BCUT2D eigenvalue weighted by molar-refractivity contribution is 5.81. The van der Waals surface area contributed by atoms with Crippen LogP contribution < -0.4 is 10.6 Å². The van der Waals surface area contributed by atoms with E-state index in [1.165, 1.54) is 15.2 Å². The first-order valence-corrected chi connectivity index (χ1v) is 10.5. The van der Waals surface area contributed by atoms with Crippen molar-refractivity contribution in [1.29, 1.82) is 0 Å². The summed E-state index contributed by atoms with van der Waals surface area (Å²) in [5.74, 6) is -1.11. The maximum absolute atomic E-state index is 13.9. The van der Waals surface area contributed by atoms with Crippen LogP contribution in [0.5, 0.6) is 0 Å². The summed E-state index contributed by atoms with van der Waals surface area (Å²) >= 11 is 0. The first kappa shape index (κ1) is 21.6. The van der Waals surface area contributed by atoms with Gasteiger partial charge in [0.1, 0.15) is 5.82 Å². The Morgan fingerprint density at radius 1 is 0.969 bits per heavy atom. The Kier molecular flexibility index (Phi) is 6.25. The number of imidazole rings is 1. The molecule has 0 aliphatic carbocycles. The fourth-order valence-corrected chi connectivity index (χ4v) is 3.99. The third-order valence-corrected chi connectivity index (χ3v) is 5.77. The molecule has 1 aliphatic heterocycles. The number of aryl methyl sites for hydroxylation is 2. The van der Waals surface area contributed by atoms with Crippen LogP contribution in [0.25, 0.3) is 11.0 Å². The lowest BCUT2D eigenvalue weighted by Gasteiger charge is -2.36. The summed E-state index contributed by atoms with van der Waals surface area (Å²) in [6.45, 7) is 1.69. The molecular weight excluding hydrogens is 415 g/mol. The number of esters is 1. The molecular formula is C23H25FN4O4. The first-order chi connectivity index (χ1) is 15.5. The van der Waals surface area contributed by atoms with Crippen molar-refractivity contribution in [3.8, 4) is 0 Å². The van der Waals surface area contributed by atoms with Gasteiger partial charge in [-0.1, -0.05) is 24.3 Å². The van der Waals surface area contributed by atoms with Crippen LogP contribution in [0, 0.1) is 5.82 Å². The van der Waals surface area contributed by atoms with Gasteiger partial charge in [0.25, 0.3) is 5.91 Å². The number of benzene rings is 2. The maximum atomic E-state index is 13.9. The molecule has 1 aliphatic rings. The lowest BCUT2D eigenvalue weighted by atomic mass is 10.2. The minimum atomic E-state index is -0.539. The molecule has 0 unspecified atom stereocenters. The number of ether oxygens (including phenoxy) is 1. The van der Waals surface area contributed by atoms with Gasteiger partial charge in [-0.2, -0.15) is 0 Å². The van der Waals surface area contributed by atoms with Crippen LogP contribution in [0.4, 0.5) is 10.1 Å². The zero-order valence-electron chi connectivity index (χ0n) is 17.9. The van der Waals surface area contributed by atoms with Gasteiger partial charge in [0.2, 0.25) is 0 Å². The number of halogens is 1. The Morgan fingerprint density at radius 3 is 2.34 bits per heavy atom. The van der Waals surface area contributed by atoms with E-state index >= 15 is 0 Å². The number of carbonyl (C=O) groups excluding carboxylic acids is 2. The third kappa shape index (κ3) is 4.37. The number of nitrogens with zero attached hydrogens (tertiary/aromatic N) is 4. The molecule has 1 aromatic heterocycles. The normalized spacial score (nSPS) is 14.1. The summed E-state index contributed by atoms with van der Waals surface area (Å²) < 4.78 is 22.1. The molecule has 8 nitrogen and oxygen atoms in total.